The molecule has 2 fully saturated rings. The van der Waals surface area contributed by atoms with E-state index in [-0.39, 0.29) is 11.9 Å². The summed E-state index contributed by atoms with van der Waals surface area (Å²) in [7, 11) is 0. The van der Waals surface area contributed by atoms with Gasteiger partial charge >= 0.3 is 0 Å². The van der Waals surface area contributed by atoms with Gasteiger partial charge in [-0.25, -0.2) is 4.98 Å². The van der Waals surface area contributed by atoms with E-state index >= 15 is 0 Å². The molecule has 216 valence electrons. The van der Waals surface area contributed by atoms with E-state index in [9.17, 15) is 4.79 Å². The summed E-state index contributed by atoms with van der Waals surface area (Å²) < 4.78 is 11.4. The van der Waals surface area contributed by atoms with Crippen molar-refractivity contribution < 1.29 is 13.9 Å². The van der Waals surface area contributed by atoms with Gasteiger partial charge in [-0.15, -0.1) is 0 Å². The Morgan fingerprint density at radius 3 is 2.67 bits per heavy atom. The maximum atomic E-state index is 13.0. The Labute approximate surface area is 243 Å². The maximum absolute atomic E-state index is 13.0. The molecular formula is C31H34N8O3. The average Bonchev–Trinajstić information content (AvgIpc) is 3.61. The summed E-state index contributed by atoms with van der Waals surface area (Å²) in [6, 6.07) is 12.0. The zero-order valence-electron chi connectivity index (χ0n) is 23.8. The number of rotatable bonds is 6. The van der Waals surface area contributed by atoms with Crippen LogP contribution in [0.2, 0.25) is 0 Å². The number of benzene rings is 2. The Hall–Kier alpha value is -4.48. The minimum Gasteiger partial charge on any atom is -0.441 e. The van der Waals surface area contributed by atoms with Gasteiger partial charge in [0.25, 0.3) is 5.91 Å². The highest BCUT2D eigenvalue weighted by Gasteiger charge is 2.22. The molecule has 3 aromatic heterocycles. The van der Waals surface area contributed by atoms with Gasteiger partial charge in [0, 0.05) is 75.4 Å². The van der Waals surface area contributed by atoms with E-state index in [0.717, 1.165) is 96.9 Å². The summed E-state index contributed by atoms with van der Waals surface area (Å²) in [4.78, 5) is 32.5. The van der Waals surface area contributed by atoms with Crippen molar-refractivity contribution in [3.63, 3.8) is 0 Å². The van der Waals surface area contributed by atoms with E-state index in [1.54, 1.807) is 0 Å². The highest BCUT2D eigenvalue weighted by molar-refractivity contribution is 6.02. The molecule has 11 nitrogen and oxygen atoms in total. The molecule has 11 heteroatoms. The van der Waals surface area contributed by atoms with E-state index in [4.69, 9.17) is 19.1 Å². The van der Waals surface area contributed by atoms with Crippen LogP contribution in [0.15, 0.2) is 47.0 Å². The van der Waals surface area contributed by atoms with E-state index in [1.807, 2.05) is 61.3 Å². The summed E-state index contributed by atoms with van der Waals surface area (Å²) >= 11 is 0. The number of ether oxygens (including phenoxy) is 1. The Morgan fingerprint density at radius 1 is 1.02 bits per heavy atom. The number of nitrogens with zero attached hydrogens (tertiary/aromatic N) is 4. The zero-order valence-corrected chi connectivity index (χ0v) is 23.8. The van der Waals surface area contributed by atoms with Gasteiger partial charge in [0.15, 0.2) is 11.5 Å². The molecule has 2 saturated heterocycles. The third-order valence-electron chi connectivity index (χ3n) is 8.02. The Kier molecular flexibility index (Phi) is 6.96. The fourth-order valence-corrected chi connectivity index (χ4v) is 5.77. The van der Waals surface area contributed by atoms with E-state index in [1.165, 1.54) is 0 Å². The van der Waals surface area contributed by atoms with Gasteiger partial charge in [0.2, 0.25) is 5.95 Å². The van der Waals surface area contributed by atoms with E-state index in [2.05, 4.69) is 25.9 Å². The molecule has 5 heterocycles. The number of aryl methyl sites for hydroxylation is 2. The number of anilines is 3. The van der Waals surface area contributed by atoms with Crippen molar-refractivity contribution in [2.24, 2.45) is 0 Å². The van der Waals surface area contributed by atoms with Gasteiger partial charge < -0.3 is 35.0 Å². The minimum absolute atomic E-state index is 0.0596. The van der Waals surface area contributed by atoms with Crippen LogP contribution < -0.4 is 16.0 Å². The standard InChI is InChI=1S/C31H34N8O3/c1-18-15-21(30(40)39-11-9-32-10-12-39)4-5-24(18)36-31-37-28-27(29(38-31)35-22-7-13-41-14-8-22)23(17-33-28)20-3-6-25-26(16-20)42-19(2)34-25/h3-6,15-17,22,32H,7-14H2,1-2H3,(H3,33,35,36,37,38). The molecule has 0 saturated carbocycles. The van der Waals surface area contributed by atoms with Crippen LogP contribution in [0.5, 0.6) is 0 Å². The number of aromatic amines is 1. The number of carbonyl (C=O) groups is 1. The molecule has 0 spiro atoms. The molecule has 2 aromatic carbocycles. The lowest BCUT2D eigenvalue weighted by Gasteiger charge is -2.27. The second-order valence-electron chi connectivity index (χ2n) is 11.0. The molecule has 2 aliphatic heterocycles. The van der Waals surface area contributed by atoms with Crippen LogP contribution in [-0.4, -0.2) is 76.2 Å². The molecule has 0 aliphatic carbocycles. The first-order chi connectivity index (χ1) is 20.5. The van der Waals surface area contributed by atoms with Crippen LogP contribution in [-0.2, 0) is 4.74 Å². The smallest absolute Gasteiger partial charge is 0.253 e. The summed E-state index contributed by atoms with van der Waals surface area (Å²) in [6.07, 6.45) is 3.77. The highest BCUT2D eigenvalue weighted by atomic mass is 16.5. The number of nitrogens with one attached hydrogen (secondary N) is 4. The first kappa shape index (κ1) is 26.4. The Balaban J connectivity index is 1.23. The number of fused-ring (bicyclic) bond motifs is 2. The number of carbonyl (C=O) groups excluding carboxylic acids is 1. The Bertz CT molecular complexity index is 1770. The number of hydrogen-bond acceptors (Lipinski definition) is 9. The first-order valence-electron chi connectivity index (χ1n) is 14.5. The lowest BCUT2D eigenvalue weighted by Crippen LogP contribution is -2.46. The summed E-state index contributed by atoms with van der Waals surface area (Å²) in [5, 5.41) is 11.3. The zero-order chi connectivity index (χ0) is 28.6. The topological polar surface area (TPSA) is 133 Å². The maximum Gasteiger partial charge on any atom is 0.253 e. The van der Waals surface area contributed by atoms with Crippen LogP contribution in [0.1, 0.15) is 34.7 Å². The molecule has 0 radical (unpaired) electrons. The third-order valence-corrected chi connectivity index (χ3v) is 8.02. The third kappa shape index (κ3) is 5.17. The molecule has 0 bridgehead atoms. The Morgan fingerprint density at radius 2 is 1.86 bits per heavy atom. The number of piperazine rings is 1. The first-order valence-corrected chi connectivity index (χ1v) is 14.5. The van der Waals surface area contributed by atoms with Crippen molar-refractivity contribution >= 4 is 45.5 Å². The average molecular weight is 567 g/mol. The SMILES string of the molecule is Cc1nc2ccc(-c3c[nH]c4nc(Nc5ccc(C(=O)N6CCNCC6)cc5C)nc(NC5CCOCC5)c34)cc2o1. The predicted molar refractivity (Wildman–Crippen MR) is 162 cm³/mol. The second kappa shape index (κ2) is 11.1. The number of amides is 1. The molecule has 7 rings (SSSR count). The summed E-state index contributed by atoms with van der Waals surface area (Å²) in [6.45, 7) is 8.37. The van der Waals surface area contributed by atoms with Gasteiger partial charge in [-0.2, -0.15) is 9.97 Å². The number of oxazole rings is 1. The van der Waals surface area contributed by atoms with Gasteiger partial charge in [0.1, 0.15) is 17.0 Å². The van der Waals surface area contributed by atoms with Gasteiger partial charge in [-0.1, -0.05) is 6.07 Å². The molecule has 42 heavy (non-hydrogen) atoms. The number of H-pyrrole nitrogens is 1. The van der Waals surface area contributed by atoms with Crippen molar-refractivity contribution in [1.82, 2.24) is 30.2 Å². The molecule has 0 unspecified atom stereocenters. The molecule has 1 amide bonds. The van der Waals surface area contributed by atoms with Gasteiger partial charge in [0.05, 0.1) is 5.39 Å². The van der Waals surface area contributed by atoms with Gasteiger partial charge in [-0.3, -0.25) is 4.79 Å². The molecule has 0 atom stereocenters. The van der Waals surface area contributed by atoms with Crippen LogP contribution in [0, 0.1) is 13.8 Å². The highest BCUT2D eigenvalue weighted by Crippen LogP contribution is 2.36. The molecule has 4 N–H and O–H groups in total. The van der Waals surface area contributed by atoms with Gasteiger partial charge in [-0.05, 0) is 61.2 Å². The second-order valence-corrected chi connectivity index (χ2v) is 11.0. The fraction of sp³-hybridized carbons (Fsp3) is 0.355. The van der Waals surface area contributed by atoms with Crippen LogP contribution >= 0.6 is 0 Å². The van der Waals surface area contributed by atoms with Crippen LogP contribution in [0.4, 0.5) is 17.5 Å². The fourth-order valence-electron chi connectivity index (χ4n) is 5.77. The number of aromatic nitrogens is 4. The molecule has 2 aliphatic rings. The normalized spacial score (nSPS) is 16.3. The summed E-state index contributed by atoms with van der Waals surface area (Å²) in [5.74, 6) is 1.92. The van der Waals surface area contributed by atoms with Crippen molar-refractivity contribution in [2.45, 2.75) is 32.7 Å². The lowest BCUT2D eigenvalue weighted by molar-refractivity contribution is 0.0735. The lowest BCUT2D eigenvalue weighted by atomic mass is 10.0. The van der Waals surface area contributed by atoms with Crippen molar-refractivity contribution in [2.75, 3.05) is 50.0 Å². The monoisotopic (exact) mass is 566 g/mol. The quantitative estimate of drug-likeness (QED) is 0.230. The van der Waals surface area contributed by atoms with Crippen molar-refractivity contribution in [3.05, 3.63) is 59.6 Å². The van der Waals surface area contributed by atoms with E-state index in [0.29, 0.717) is 23.0 Å². The predicted octanol–water partition coefficient (Wildman–Crippen LogP) is 4.76. The van der Waals surface area contributed by atoms with Crippen molar-refractivity contribution in [1.29, 1.82) is 0 Å². The summed E-state index contributed by atoms with van der Waals surface area (Å²) in [5.41, 5.74) is 6.74. The van der Waals surface area contributed by atoms with E-state index < -0.39 is 0 Å². The van der Waals surface area contributed by atoms with Crippen LogP contribution in [0.25, 0.3) is 33.3 Å². The van der Waals surface area contributed by atoms with Crippen LogP contribution in [0.3, 0.4) is 0 Å². The minimum atomic E-state index is 0.0596. The largest absolute Gasteiger partial charge is 0.441 e. The number of hydrogen-bond donors (Lipinski definition) is 4. The molecular weight excluding hydrogens is 532 g/mol. The van der Waals surface area contributed by atoms with Crippen molar-refractivity contribution in [3.8, 4) is 11.1 Å². The molecule has 5 aromatic rings.